The van der Waals surface area contributed by atoms with Crippen LogP contribution in [0.15, 0.2) is 42.5 Å². The zero-order chi connectivity index (χ0) is 13.8. The predicted octanol–water partition coefficient (Wildman–Crippen LogP) is 4.06. The van der Waals surface area contributed by atoms with Gasteiger partial charge in [0.1, 0.15) is 5.75 Å². The highest BCUT2D eigenvalue weighted by molar-refractivity contribution is 5.57. The number of nitrogen functional groups attached to an aromatic ring is 1. The maximum atomic E-state index is 8.89. The van der Waals surface area contributed by atoms with Crippen LogP contribution in [0.4, 0.5) is 5.69 Å². The molecule has 0 atom stereocenters. The Kier molecular flexibility index (Phi) is 3.72. The predicted molar refractivity (Wildman–Crippen MR) is 76.2 cm³/mol. The molecule has 0 aliphatic carbocycles. The molecule has 19 heavy (non-hydrogen) atoms. The molecule has 0 saturated carbocycles. The van der Waals surface area contributed by atoms with Gasteiger partial charge in [0.2, 0.25) is 0 Å². The highest BCUT2D eigenvalue weighted by Crippen LogP contribution is 2.29. The number of anilines is 1. The summed E-state index contributed by atoms with van der Waals surface area (Å²) in [6.45, 7) is 4.26. The van der Waals surface area contributed by atoms with Gasteiger partial charge in [-0.25, -0.2) is 0 Å². The van der Waals surface area contributed by atoms with E-state index >= 15 is 0 Å². The largest absolute Gasteiger partial charge is 0.455 e. The molecule has 0 aromatic heterocycles. The quantitative estimate of drug-likeness (QED) is 0.838. The summed E-state index contributed by atoms with van der Waals surface area (Å²) in [4.78, 5) is 0. The van der Waals surface area contributed by atoms with Gasteiger partial charge in [-0.1, -0.05) is 26.0 Å². The monoisotopic (exact) mass is 252 g/mol. The van der Waals surface area contributed by atoms with E-state index in [1.54, 1.807) is 18.2 Å². The van der Waals surface area contributed by atoms with Crippen molar-refractivity contribution in [3.8, 4) is 17.6 Å². The lowest BCUT2D eigenvalue weighted by Gasteiger charge is -2.11. The molecule has 3 heteroatoms. The second-order valence-corrected chi connectivity index (χ2v) is 4.69. The molecule has 2 aromatic carbocycles. The Morgan fingerprint density at radius 1 is 1.16 bits per heavy atom. The smallest absolute Gasteiger partial charge is 0.151 e. The molecule has 2 aromatic rings. The molecule has 96 valence electrons. The Morgan fingerprint density at radius 2 is 1.95 bits per heavy atom. The average Bonchev–Trinajstić information content (AvgIpc) is 2.41. The summed E-state index contributed by atoms with van der Waals surface area (Å²) in [6, 6.07) is 15.0. The number of nitrogens with two attached hydrogens (primary N) is 1. The fourth-order valence-electron chi connectivity index (χ4n) is 1.76. The van der Waals surface area contributed by atoms with Crippen LogP contribution in [0.2, 0.25) is 0 Å². The summed E-state index contributed by atoms with van der Waals surface area (Å²) in [7, 11) is 0. The second-order valence-electron chi connectivity index (χ2n) is 4.69. The number of rotatable bonds is 3. The van der Waals surface area contributed by atoms with Crippen LogP contribution in [0.1, 0.15) is 30.9 Å². The highest BCUT2D eigenvalue weighted by atomic mass is 16.5. The third-order valence-electron chi connectivity index (χ3n) is 2.90. The van der Waals surface area contributed by atoms with Gasteiger partial charge in [0.05, 0.1) is 17.3 Å². The van der Waals surface area contributed by atoms with Gasteiger partial charge in [0.25, 0.3) is 0 Å². The van der Waals surface area contributed by atoms with Crippen molar-refractivity contribution in [3.63, 3.8) is 0 Å². The van der Waals surface area contributed by atoms with Gasteiger partial charge in [0.15, 0.2) is 5.75 Å². The van der Waals surface area contributed by atoms with Crippen molar-refractivity contribution in [1.29, 1.82) is 5.26 Å². The molecule has 0 bridgehead atoms. The lowest BCUT2D eigenvalue weighted by atomic mass is 10.0. The standard InChI is InChI=1S/C16H16N2O/c1-11(2)13-4-3-5-14(9-13)19-16-8-12(10-17)6-7-15(16)18/h3-9,11H,18H2,1-2H3. The van der Waals surface area contributed by atoms with Crippen LogP contribution in [0.3, 0.4) is 0 Å². The minimum Gasteiger partial charge on any atom is -0.455 e. The summed E-state index contributed by atoms with van der Waals surface area (Å²) >= 11 is 0. The molecular formula is C16H16N2O. The van der Waals surface area contributed by atoms with E-state index in [-0.39, 0.29) is 0 Å². The third kappa shape index (κ3) is 3.05. The first-order valence-corrected chi connectivity index (χ1v) is 6.17. The topological polar surface area (TPSA) is 59.0 Å². The maximum Gasteiger partial charge on any atom is 0.151 e. The molecule has 0 aliphatic heterocycles. The van der Waals surface area contributed by atoms with Gasteiger partial charge in [-0.2, -0.15) is 5.26 Å². The van der Waals surface area contributed by atoms with Gasteiger partial charge in [-0.3, -0.25) is 0 Å². The first-order valence-electron chi connectivity index (χ1n) is 6.17. The Hall–Kier alpha value is -2.47. The molecule has 0 unspecified atom stereocenters. The van der Waals surface area contributed by atoms with E-state index in [0.717, 1.165) is 5.75 Å². The molecule has 2 rings (SSSR count). The van der Waals surface area contributed by atoms with E-state index in [1.807, 2.05) is 18.2 Å². The number of benzene rings is 2. The van der Waals surface area contributed by atoms with E-state index in [4.69, 9.17) is 15.7 Å². The van der Waals surface area contributed by atoms with Crippen molar-refractivity contribution in [2.75, 3.05) is 5.73 Å². The van der Waals surface area contributed by atoms with Gasteiger partial charge in [0, 0.05) is 6.07 Å². The van der Waals surface area contributed by atoms with E-state index in [1.165, 1.54) is 5.56 Å². The normalized spacial score (nSPS) is 10.2. The van der Waals surface area contributed by atoms with Crippen LogP contribution in [0, 0.1) is 11.3 Å². The Balaban J connectivity index is 2.31. The van der Waals surface area contributed by atoms with Crippen molar-refractivity contribution in [2.45, 2.75) is 19.8 Å². The van der Waals surface area contributed by atoms with Crippen LogP contribution in [-0.4, -0.2) is 0 Å². The van der Waals surface area contributed by atoms with Crippen LogP contribution in [0.25, 0.3) is 0 Å². The SMILES string of the molecule is CC(C)c1cccc(Oc2cc(C#N)ccc2N)c1. The molecule has 0 fully saturated rings. The molecule has 0 aliphatic rings. The summed E-state index contributed by atoms with van der Waals surface area (Å²) < 4.78 is 5.77. The van der Waals surface area contributed by atoms with Crippen molar-refractivity contribution in [2.24, 2.45) is 0 Å². The fraction of sp³-hybridized carbons (Fsp3) is 0.188. The first kappa shape index (κ1) is 13.0. The molecule has 3 nitrogen and oxygen atoms in total. The van der Waals surface area contributed by atoms with E-state index in [2.05, 4.69) is 26.0 Å². The zero-order valence-corrected chi connectivity index (χ0v) is 11.1. The number of nitrogens with zero attached hydrogens (tertiary/aromatic N) is 1. The minimum absolute atomic E-state index is 0.436. The van der Waals surface area contributed by atoms with Crippen LogP contribution in [-0.2, 0) is 0 Å². The summed E-state index contributed by atoms with van der Waals surface area (Å²) in [5.74, 6) is 1.68. The molecule has 0 amide bonds. The first-order chi connectivity index (χ1) is 9.10. The summed E-state index contributed by atoms with van der Waals surface area (Å²) in [5.41, 5.74) is 8.11. The number of hydrogen-bond donors (Lipinski definition) is 1. The number of ether oxygens (including phenoxy) is 1. The molecular weight excluding hydrogens is 236 g/mol. The lowest BCUT2D eigenvalue weighted by Crippen LogP contribution is -1.94. The van der Waals surface area contributed by atoms with E-state index in [0.29, 0.717) is 22.9 Å². The Labute approximate surface area is 113 Å². The number of hydrogen-bond acceptors (Lipinski definition) is 3. The van der Waals surface area contributed by atoms with E-state index < -0.39 is 0 Å². The highest BCUT2D eigenvalue weighted by Gasteiger charge is 2.06. The van der Waals surface area contributed by atoms with Crippen LogP contribution < -0.4 is 10.5 Å². The van der Waals surface area contributed by atoms with E-state index in [9.17, 15) is 0 Å². The van der Waals surface area contributed by atoms with Crippen molar-refractivity contribution in [1.82, 2.24) is 0 Å². The zero-order valence-electron chi connectivity index (χ0n) is 11.1. The second kappa shape index (κ2) is 5.45. The van der Waals surface area contributed by atoms with Gasteiger partial charge in [-0.05, 0) is 35.7 Å². The number of nitriles is 1. The average molecular weight is 252 g/mol. The Bertz CT molecular complexity index is 627. The van der Waals surface area contributed by atoms with Crippen LogP contribution >= 0.6 is 0 Å². The van der Waals surface area contributed by atoms with Gasteiger partial charge >= 0.3 is 0 Å². The minimum atomic E-state index is 0.436. The third-order valence-corrected chi connectivity index (χ3v) is 2.90. The van der Waals surface area contributed by atoms with Gasteiger partial charge in [-0.15, -0.1) is 0 Å². The van der Waals surface area contributed by atoms with Crippen LogP contribution in [0.5, 0.6) is 11.5 Å². The lowest BCUT2D eigenvalue weighted by molar-refractivity contribution is 0.484. The Morgan fingerprint density at radius 3 is 2.63 bits per heavy atom. The molecule has 0 spiro atoms. The summed E-state index contributed by atoms with van der Waals surface area (Å²) in [5, 5.41) is 8.89. The molecule has 0 heterocycles. The van der Waals surface area contributed by atoms with Gasteiger partial charge < -0.3 is 10.5 Å². The van der Waals surface area contributed by atoms with Crippen molar-refractivity contribution < 1.29 is 4.74 Å². The summed E-state index contributed by atoms with van der Waals surface area (Å²) in [6.07, 6.45) is 0. The fourth-order valence-corrected chi connectivity index (χ4v) is 1.76. The maximum absolute atomic E-state index is 8.89. The molecule has 0 saturated heterocycles. The molecule has 0 radical (unpaired) electrons. The van der Waals surface area contributed by atoms with Crippen molar-refractivity contribution in [3.05, 3.63) is 53.6 Å². The molecule has 2 N–H and O–H groups in total. The van der Waals surface area contributed by atoms with Crippen molar-refractivity contribution >= 4 is 5.69 Å².